The summed E-state index contributed by atoms with van der Waals surface area (Å²) in [7, 11) is 0. The highest BCUT2D eigenvalue weighted by molar-refractivity contribution is 6.01. The number of anilines is 1. The van der Waals surface area contributed by atoms with Crippen LogP contribution in [0.1, 0.15) is 5.56 Å². The van der Waals surface area contributed by atoms with Crippen molar-refractivity contribution in [2.24, 2.45) is 0 Å². The molecule has 0 saturated heterocycles. The molecule has 3 rings (SSSR count). The molecule has 0 aromatic carbocycles. The number of pyridine rings is 1. The average molecular weight is 219 g/mol. The molecule has 2 aliphatic carbocycles. The molecule has 0 radical (unpaired) electrons. The molecular weight excluding hydrogens is 210 g/mol. The van der Waals surface area contributed by atoms with E-state index in [0.29, 0.717) is 11.4 Å². The fourth-order valence-electron chi connectivity index (χ4n) is 2.04. The molecule has 3 heteroatoms. The van der Waals surface area contributed by atoms with Crippen molar-refractivity contribution >= 4 is 16.7 Å². The maximum Gasteiger partial charge on any atom is 0.142 e. The first-order valence-corrected chi connectivity index (χ1v) is 5.27. The van der Waals surface area contributed by atoms with Gasteiger partial charge in [-0.05, 0) is 23.3 Å². The molecular formula is C14H9N3. The molecule has 1 aromatic heterocycles. The van der Waals surface area contributed by atoms with E-state index in [9.17, 15) is 0 Å². The summed E-state index contributed by atoms with van der Waals surface area (Å²) >= 11 is 0. The summed E-state index contributed by atoms with van der Waals surface area (Å²) in [6.07, 6.45) is 0. The van der Waals surface area contributed by atoms with E-state index in [4.69, 9.17) is 11.0 Å². The van der Waals surface area contributed by atoms with Gasteiger partial charge in [0.05, 0.1) is 11.1 Å². The Kier molecular flexibility index (Phi) is 1.96. The molecule has 2 N–H and O–H groups in total. The van der Waals surface area contributed by atoms with Gasteiger partial charge in [0.2, 0.25) is 0 Å². The number of rotatable bonds is 0. The molecule has 0 atom stereocenters. The summed E-state index contributed by atoms with van der Waals surface area (Å²) in [5.74, 6) is 0.291. The predicted molar refractivity (Wildman–Crippen MR) is 67.5 cm³/mol. The third kappa shape index (κ3) is 1.39. The number of fused-ring (bicyclic) bond motifs is 3. The van der Waals surface area contributed by atoms with Crippen molar-refractivity contribution in [3.63, 3.8) is 0 Å². The molecule has 3 nitrogen and oxygen atoms in total. The van der Waals surface area contributed by atoms with Crippen LogP contribution in [0.5, 0.6) is 0 Å². The second kappa shape index (κ2) is 3.46. The highest BCUT2D eigenvalue weighted by Gasteiger charge is 2.11. The van der Waals surface area contributed by atoms with Gasteiger partial charge in [-0.25, -0.2) is 4.98 Å². The van der Waals surface area contributed by atoms with Gasteiger partial charge in [-0.15, -0.1) is 0 Å². The first kappa shape index (κ1) is 9.61. The van der Waals surface area contributed by atoms with Crippen LogP contribution in [0.4, 0.5) is 5.82 Å². The fraction of sp³-hybridized carbons (Fsp3) is 0. The Labute approximate surface area is 98.5 Å². The minimum atomic E-state index is 0.291. The highest BCUT2D eigenvalue weighted by atomic mass is 14.8. The lowest BCUT2D eigenvalue weighted by atomic mass is 10.1. The lowest BCUT2D eigenvalue weighted by Gasteiger charge is -1.97. The van der Waals surface area contributed by atoms with Crippen LogP contribution in [0.2, 0.25) is 0 Å². The maximum absolute atomic E-state index is 8.97. The zero-order valence-corrected chi connectivity index (χ0v) is 9.01. The van der Waals surface area contributed by atoms with Crippen LogP contribution in [0.3, 0.4) is 0 Å². The molecule has 17 heavy (non-hydrogen) atoms. The van der Waals surface area contributed by atoms with Crippen molar-refractivity contribution in [1.82, 2.24) is 4.98 Å². The molecule has 1 heterocycles. The molecule has 0 spiro atoms. The highest BCUT2D eigenvalue weighted by Crippen LogP contribution is 2.33. The number of hydrogen-bond acceptors (Lipinski definition) is 3. The van der Waals surface area contributed by atoms with E-state index in [2.05, 4.69) is 11.1 Å². The summed E-state index contributed by atoms with van der Waals surface area (Å²) in [4.78, 5) is 4.26. The average Bonchev–Trinajstić information content (AvgIpc) is 2.50. The van der Waals surface area contributed by atoms with Crippen molar-refractivity contribution in [2.75, 3.05) is 5.73 Å². The maximum atomic E-state index is 8.97. The Bertz CT molecular complexity index is 725. The summed E-state index contributed by atoms with van der Waals surface area (Å²) in [6.45, 7) is 0. The first-order chi connectivity index (χ1) is 8.29. The normalized spacial score (nSPS) is 10.5. The standard InChI is InChI=1S/C14H9N3/c15-8-10-6-12-11-5-3-1-2-4-9(11)7-13(12)17-14(10)16/h1-7H,(H2,16,17). The Morgan fingerprint density at radius 2 is 1.94 bits per heavy atom. The van der Waals surface area contributed by atoms with Crippen molar-refractivity contribution in [3.05, 3.63) is 48.0 Å². The number of nitriles is 1. The van der Waals surface area contributed by atoms with Crippen LogP contribution in [0.15, 0.2) is 42.5 Å². The van der Waals surface area contributed by atoms with Gasteiger partial charge in [0.1, 0.15) is 11.9 Å². The van der Waals surface area contributed by atoms with E-state index in [-0.39, 0.29) is 0 Å². The van der Waals surface area contributed by atoms with Crippen LogP contribution < -0.4 is 5.73 Å². The van der Waals surface area contributed by atoms with Crippen LogP contribution >= 0.6 is 0 Å². The van der Waals surface area contributed by atoms with Gasteiger partial charge in [-0.2, -0.15) is 5.26 Å². The van der Waals surface area contributed by atoms with Gasteiger partial charge in [-0.3, -0.25) is 0 Å². The minimum absolute atomic E-state index is 0.291. The van der Waals surface area contributed by atoms with Gasteiger partial charge in [0.15, 0.2) is 0 Å². The van der Waals surface area contributed by atoms with Crippen molar-refractivity contribution in [2.45, 2.75) is 0 Å². The third-order valence-corrected chi connectivity index (χ3v) is 2.86. The fourth-order valence-corrected chi connectivity index (χ4v) is 2.04. The second-order valence-electron chi connectivity index (χ2n) is 3.89. The van der Waals surface area contributed by atoms with Crippen LogP contribution in [0.25, 0.3) is 22.0 Å². The summed E-state index contributed by atoms with van der Waals surface area (Å²) in [5.41, 5.74) is 9.17. The topological polar surface area (TPSA) is 62.7 Å². The second-order valence-corrected chi connectivity index (χ2v) is 3.89. The van der Waals surface area contributed by atoms with Gasteiger partial charge in [-0.1, -0.05) is 30.3 Å². The Hall–Kier alpha value is -2.60. The summed E-state index contributed by atoms with van der Waals surface area (Å²) < 4.78 is 0. The van der Waals surface area contributed by atoms with E-state index < -0.39 is 0 Å². The molecule has 2 aliphatic rings. The number of nitrogens with two attached hydrogens (primary N) is 1. The van der Waals surface area contributed by atoms with Crippen LogP contribution in [-0.2, 0) is 0 Å². The van der Waals surface area contributed by atoms with Crippen LogP contribution in [-0.4, -0.2) is 4.98 Å². The van der Waals surface area contributed by atoms with Crippen molar-refractivity contribution in [3.8, 4) is 17.2 Å². The summed E-state index contributed by atoms with van der Waals surface area (Å²) in [6, 6.07) is 15.8. The Morgan fingerprint density at radius 1 is 1.12 bits per heavy atom. The van der Waals surface area contributed by atoms with E-state index in [1.165, 1.54) is 0 Å². The molecule has 0 unspecified atom stereocenters. The molecule has 0 amide bonds. The van der Waals surface area contributed by atoms with E-state index in [1.54, 1.807) is 6.07 Å². The Morgan fingerprint density at radius 3 is 2.76 bits per heavy atom. The third-order valence-electron chi connectivity index (χ3n) is 2.86. The molecule has 0 saturated carbocycles. The smallest absolute Gasteiger partial charge is 0.142 e. The predicted octanol–water partition coefficient (Wildman–Crippen LogP) is 2.79. The minimum Gasteiger partial charge on any atom is -0.383 e. The molecule has 1 aromatic rings. The number of nitrogens with zero attached hydrogens (tertiary/aromatic N) is 2. The van der Waals surface area contributed by atoms with Gasteiger partial charge < -0.3 is 5.73 Å². The van der Waals surface area contributed by atoms with Gasteiger partial charge >= 0.3 is 0 Å². The molecule has 80 valence electrons. The number of hydrogen-bond donors (Lipinski definition) is 1. The summed E-state index contributed by atoms with van der Waals surface area (Å²) in [5, 5.41) is 9.94. The van der Waals surface area contributed by atoms with Gasteiger partial charge in [0.25, 0.3) is 0 Å². The molecule has 0 fully saturated rings. The zero-order chi connectivity index (χ0) is 11.8. The quantitative estimate of drug-likeness (QED) is 0.632. The lowest BCUT2D eigenvalue weighted by Crippen LogP contribution is -1.93. The van der Waals surface area contributed by atoms with E-state index >= 15 is 0 Å². The number of nitrogen functional groups attached to an aromatic ring is 1. The van der Waals surface area contributed by atoms with Crippen molar-refractivity contribution in [1.29, 1.82) is 5.26 Å². The van der Waals surface area contributed by atoms with E-state index in [0.717, 1.165) is 22.0 Å². The monoisotopic (exact) mass is 219 g/mol. The molecule has 0 bridgehead atoms. The van der Waals surface area contributed by atoms with Gasteiger partial charge in [0, 0.05) is 5.39 Å². The zero-order valence-electron chi connectivity index (χ0n) is 9.01. The largest absolute Gasteiger partial charge is 0.383 e. The SMILES string of the molecule is N#Cc1cc2c3cccccc-3cc2nc1N. The first-order valence-electron chi connectivity index (χ1n) is 5.27. The lowest BCUT2D eigenvalue weighted by molar-refractivity contribution is 1.39. The van der Waals surface area contributed by atoms with Crippen molar-refractivity contribution < 1.29 is 0 Å². The molecule has 0 aliphatic heterocycles. The Balaban J connectivity index is 2.46. The number of aromatic nitrogens is 1. The van der Waals surface area contributed by atoms with E-state index in [1.807, 2.05) is 36.4 Å². The van der Waals surface area contributed by atoms with Crippen LogP contribution in [0, 0.1) is 11.3 Å².